The van der Waals surface area contributed by atoms with E-state index in [-0.39, 0.29) is 12.2 Å². The summed E-state index contributed by atoms with van der Waals surface area (Å²) in [4.78, 5) is 0. The summed E-state index contributed by atoms with van der Waals surface area (Å²) in [6, 6.07) is 0. The second-order valence-electron chi connectivity index (χ2n) is 3.88. The highest BCUT2D eigenvalue weighted by molar-refractivity contribution is 6.08. The Morgan fingerprint density at radius 2 is 2.00 bits per heavy atom. The summed E-state index contributed by atoms with van der Waals surface area (Å²) in [6.45, 7) is 6.97. The van der Waals surface area contributed by atoms with E-state index in [0.29, 0.717) is 12.5 Å². The molecule has 66 valence electrons. The quantitative estimate of drug-likeness (QED) is 0.602. The molecule has 3 heteroatoms. The van der Waals surface area contributed by atoms with Gasteiger partial charge in [0.15, 0.2) is 0 Å². The zero-order valence-corrected chi connectivity index (χ0v) is 8.05. The molecule has 0 aliphatic rings. The van der Waals surface area contributed by atoms with Gasteiger partial charge in [-0.25, -0.2) is 0 Å². The van der Waals surface area contributed by atoms with Crippen LogP contribution in [0.3, 0.4) is 0 Å². The minimum atomic E-state index is -0.0808. The van der Waals surface area contributed by atoms with Crippen LogP contribution in [0, 0.1) is 5.92 Å². The molecule has 0 aliphatic carbocycles. The van der Waals surface area contributed by atoms with Crippen molar-refractivity contribution in [3.63, 3.8) is 0 Å². The Kier molecular flexibility index (Phi) is 4.77. The van der Waals surface area contributed by atoms with Crippen LogP contribution in [0.2, 0.25) is 6.32 Å². The molecule has 0 saturated heterocycles. The monoisotopic (exact) mass is 158 g/mol. The van der Waals surface area contributed by atoms with Gasteiger partial charge in [-0.15, -0.1) is 0 Å². The lowest BCUT2D eigenvalue weighted by Crippen LogP contribution is -2.24. The maximum Gasteiger partial charge on any atom is 0.101 e. The predicted octanol–water partition coefficient (Wildman–Crippen LogP) is 0.461. The van der Waals surface area contributed by atoms with Gasteiger partial charge >= 0.3 is 0 Å². The van der Waals surface area contributed by atoms with Gasteiger partial charge in [-0.3, -0.25) is 0 Å². The van der Waals surface area contributed by atoms with E-state index in [4.69, 9.17) is 9.84 Å². The van der Waals surface area contributed by atoms with Crippen molar-refractivity contribution in [3.05, 3.63) is 0 Å². The van der Waals surface area contributed by atoms with Crippen LogP contribution in [0.25, 0.3) is 0 Å². The Labute approximate surface area is 70.4 Å². The van der Waals surface area contributed by atoms with E-state index in [1.807, 2.05) is 20.8 Å². The van der Waals surface area contributed by atoms with Crippen LogP contribution in [-0.2, 0) is 4.74 Å². The van der Waals surface area contributed by atoms with E-state index < -0.39 is 0 Å². The van der Waals surface area contributed by atoms with Crippen molar-refractivity contribution in [2.45, 2.75) is 32.7 Å². The Morgan fingerprint density at radius 3 is 2.27 bits per heavy atom. The number of hydrogen-bond acceptors (Lipinski definition) is 2. The highest BCUT2D eigenvalue weighted by atomic mass is 16.5. The van der Waals surface area contributed by atoms with Crippen LogP contribution >= 0.6 is 0 Å². The predicted molar refractivity (Wildman–Crippen MR) is 49.6 cm³/mol. The van der Waals surface area contributed by atoms with E-state index in [2.05, 4.69) is 7.85 Å². The van der Waals surface area contributed by atoms with Crippen molar-refractivity contribution in [2.24, 2.45) is 5.92 Å². The van der Waals surface area contributed by atoms with Gasteiger partial charge in [0.25, 0.3) is 0 Å². The third-order valence-electron chi connectivity index (χ3n) is 1.59. The summed E-state index contributed by atoms with van der Waals surface area (Å²) in [5.41, 5.74) is -0.0808. The van der Waals surface area contributed by atoms with Crippen molar-refractivity contribution < 1.29 is 9.84 Å². The summed E-state index contributed by atoms with van der Waals surface area (Å²) in [5, 5.41) is 8.84. The van der Waals surface area contributed by atoms with Crippen molar-refractivity contribution in [3.8, 4) is 0 Å². The lowest BCUT2D eigenvalue weighted by atomic mass is 9.92. The van der Waals surface area contributed by atoms with Crippen LogP contribution in [0.1, 0.15) is 20.8 Å². The van der Waals surface area contributed by atoms with Gasteiger partial charge in [-0.05, 0) is 26.7 Å². The molecule has 0 heterocycles. The zero-order valence-electron chi connectivity index (χ0n) is 8.05. The summed E-state index contributed by atoms with van der Waals surface area (Å²) >= 11 is 0. The first-order valence-corrected chi connectivity index (χ1v) is 4.24. The molecule has 1 N–H and O–H groups in total. The average Bonchev–Trinajstić information content (AvgIpc) is 1.88. The van der Waals surface area contributed by atoms with E-state index in [0.717, 1.165) is 6.32 Å². The van der Waals surface area contributed by atoms with Crippen LogP contribution in [0.5, 0.6) is 0 Å². The summed E-state index contributed by atoms with van der Waals surface area (Å²) in [7, 11) is 2.06. The highest BCUT2D eigenvalue weighted by Crippen LogP contribution is 2.10. The average molecular weight is 158 g/mol. The van der Waals surface area contributed by atoms with Gasteiger partial charge in [0.1, 0.15) is 7.85 Å². The third-order valence-corrected chi connectivity index (χ3v) is 1.59. The third kappa shape index (κ3) is 6.39. The molecule has 0 bridgehead atoms. The van der Waals surface area contributed by atoms with Gasteiger partial charge in [-0.1, -0.05) is 6.32 Å². The zero-order chi connectivity index (χ0) is 8.91. The van der Waals surface area contributed by atoms with Crippen LogP contribution in [0.4, 0.5) is 0 Å². The summed E-state index contributed by atoms with van der Waals surface area (Å²) in [5.74, 6) is 0.300. The topological polar surface area (TPSA) is 29.5 Å². The maximum atomic E-state index is 8.84. The molecular formula is C8H19BO2. The van der Waals surface area contributed by atoms with Gasteiger partial charge in [0.2, 0.25) is 0 Å². The molecule has 1 atom stereocenters. The minimum absolute atomic E-state index is 0.0808. The van der Waals surface area contributed by atoms with Crippen LogP contribution in [0.15, 0.2) is 0 Å². The Balaban J connectivity index is 3.51. The molecule has 0 radical (unpaired) electrons. The standard InChI is InChI=1S/C8H19BO2/c1-8(2,3)11-6-7(4-9)5-10/h7,10H,4-6,9H2,1-3H3. The Hall–Kier alpha value is -0.0151. The first-order chi connectivity index (χ1) is 4.99. The molecular weight excluding hydrogens is 139 g/mol. The van der Waals surface area contributed by atoms with Crippen LogP contribution < -0.4 is 0 Å². The minimum Gasteiger partial charge on any atom is -0.396 e. The molecule has 0 aliphatic heterocycles. The van der Waals surface area contributed by atoms with E-state index in [1.54, 1.807) is 0 Å². The van der Waals surface area contributed by atoms with Crippen molar-refractivity contribution in [2.75, 3.05) is 13.2 Å². The van der Waals surface area contributed by atoms with Crippen LogP contribution in [-0.4, -0.2) is 31.8 Å². The molecule has 0 fully saturated rings. The van der Waals surface area contributed by atoms with E-state index in [9.17, 15) is 0 Å². The molecule has 0 rings (SSSR count). The van der Waals surface area contributed by atoms with Gasteiger partial charge < -0.3 is 9.84 Å². The SMILES string of the molecule is BCC(CO)COC(C)(C)C. The smallest absolute Gasteiger partial charge is 0.101 e. The second kappa shape index (κ2) is 4.78. The number of aliphatic hydroxyl groups excluding tert-OH is 1. The molecule has 0 aromatic heterocycles. The van der Waals surface area contributed by atoms with E-state index in [1.165, 1.54) is 0 Å². The normalized spacial score (nSPS) is 14.9. The molecule has 0 aromatic carbocycles. The van der Waals surface area contributed by atoms with Crippen molar-refractivity contribution >= 4 is 7.85 Å². The van der Waals surface area contributed by atoms with Crippen molar-refractivity contribution in [1.29, 1.82) is 0 Å². The highest BCUT2D eigenvalue weighted by Gasteiger charge is 2.13. The summed E-state index contributed by atoms with van der Waals surface area (Å²) < 4.78 is 5.51. The molecule has 1 unspecified atom stereocenters. The Bertz CT molecular complexity index is 94.8. The number of rotatable bonds is 4. The van der Waals surface area contributed by atoms with E-state index >= 15 is 0 Å². The molecule has 0 spiro atoms. The molecule has 0 aromatic rings. The first kappa shape index (κ1) is 11.0. The number of aliphatic hydroxyl groups is 1. The Morgan fingerprint density at radius 1 is 1.45 bits per heavy atom. The fourth-order valence-corrected chi connectivity index (χ4v) is 0.668. The lowest BCUT2D eigenvalue weighted by molar-refractivity contribution is -0.0272. The summed E-state index contributed by atoms with van der Waals surface area (Å²) in [6.07, 6.45) is 0.979. The van der Waals surface area contributed by atoms with Gasteiger partial charge in [0.05, 0.1) is 12.2 Å². The van der Waals surface area contributed by atoms with Gasteiger partial charge in [0, 0.05) is 6.61 Å². The first-order valence-electron chi connectivity index (χ1n) is 4.24. The molecule has 11 heavy (non-hydrogen) atoms. The molecule has 0 amide bonds. The van der Waals surface area contributed by atoms with Crippen molar-refractivity contribution in [1.82, 2.24) is 0 Å². The fraction of sp³-hybridized carbons (Fsp3) is 1.00. The second-order valence-corrected chi connectivity index (χ2v) is 3.88. The van der Waals surface area contributed by atoms with Gasteiger partial charge in [-0.2, -0.15) is 0 Å². The fourth-order valence-electron chi connectivity index (χ4n) is 0.668. The number of ether oxygens (including phenoxy) is 1. The number of hydrogen-bond donors (Lipinski definition) is 1. The lowest BCUT2D eigenvalue weighted by Gasteiger charge is -2.22. The maximum absolute atomic E-state index is 8.84. The molecule has 2 nitrogen and oxygen atoms in total. The molecule has 0 saturated carbocycles. The largest absolute Gasteiger partial charge is 0.396 e.